The average Bonchev–Trinajstić information content (AvgIpc) is 2.19. The van der Waals surface area contributed by atoms with Gasteiger partial charge >= 0.3 is 6.18 Å². The van der Waals surface area contributed by atoms with E-state index in [2.05, 4.69) is 5.32 Å². The number of hydrogen-bond donors (Lipinski definition) is 1. The predicted molar refractivity (Wildman–Crippen MR) is 53.5 cm³/mol. The summed E-state index contributed by atoms with van der Waals surface area (Å²) in [6.07, 6.45) is -3.65. The highest BCUT2D eigenvalue weighted by Crippen LogP contribution is 2.34. The van der Waals surface area contributed by atoms with Crippen LogP contribution < -0.4 is 5.32 Å². The maximum Gasteiger partial charge on any atom is 0.416 e. The number of rotatable bonds is 3. The van der Waals surface area contributed by atoms with Crippen molar-refractivity contribution in [3.05, 3.63) is 35.4 Å². The van der Waals surface area contributed by atoms with Crippen LogP contribution in [0.2, 0.25) is 0 Å². The average molecular weight is 217 g/mol. The van der Waals surface area contributed by atoms with E-state index in [1.54, 1.807) is 13.1 Å². The topological polar surface area (TPSA) is 12.0 Å². The van der Waals surface area contributed by atoms with E-state index in [0.29, 0.717) is 12.0 Å². The van der Waals surface area contributed by atoms with Gasteiger partial charge in [0.15, 0.2) is 0 Å². The van der Waals surface area contributed by atoms with Gasteiger partial charge < -0.3 is 5.32 Å². The van der Waals surface area contributed by atoms with Gasteiger partial charge in [0, 0.05) is 6.04 Å². The Morgan fingerprint density at radius 2 is 1.87 bits per heavy atom. The summed E-state index contributed by atoms with van der Waals surface area (Å²) in [5, 5.41) is 2.88. The van der Waals surface area contributed by atoms with Crippen LogP contribution in [0.1, 0.15) is 30.5 Å². The third kappa shape index (κ3) is 2.72. The van der Waals surface area contributed by atoms with Gasteiger partial charge in [0.2, 0.25) is 0 Å². The molecule has 0 aliphatic heterocycles. The maximum atomic E-state index is 12.7. The summed E-state index contributed by atoms with van der Waals surface area (Å²) in [6, 6.07) is 5.44. The molecule has 0 heterocycles. The summed E-state index contributed by atoms with van der Waals surface area (Å²) in [6.45, 7) is 1.86. The molecular weight excluding hydrogens is 203 g/mol. The van der Waals surface area contributed by atoms with Crippen molar-refractivity contribution in [3.8, 4) is 0 Å². The molecule has 1 atom stereocenters. The first kappa shape index (κ1) is 12.0. The standard InChI is InChI=1S/C11H14F3N/c1-3-10(15-2)8-6-4-5-7-9(8)11(12,13)14/h4-7,10,15H,3H2,1-2H3. The van der Waals surface area contributed by atoms with Crippen molar-refractivity contribution in [2.45, 2.75) is 25.6 Å². The van der Waals surface area contributed by atoms with Crippen LogP contribution in [0.15, 0.2) is 24.3 Å². The van der Waals surface area contributed by atoms with E-state index >= 15 is 0 Å². The summed E-state index contributed by atoms with van der Waals surface area (Å²) in [5.74, 6) is 0. The molecule has 0 bridgehead atoms. The monoisotopic (exact) mass is 217 g/mol. The van der Waals surface area contributed by atoms with E-state index in [-0.39, 0.29) is 6.04 Å². The smallest absolute Gasteiger partial charge is 0.313 e. The van der Waals surface area contributed by atoms with Gasteiger partial charge in [-0.1, -0.05) is 25.1 Å². The van der Waals surface area contributed by atoms with E-state index in [9.17, 15) is 13.2 Å². The fraction of sp³-hybridized carbons (Fsp3) is 0.455. The van der Waals surface area contributed by atoms with Crippen molar-refractivity contribution in [2.24, 2.45) is 0 Å². The predicted octanol–water partition coefficient (Wildman–Crippen LogP) is 3.38. The fourth-order valence-electron chi connectivity index (χ4n) is 1.64. The molecule has 1 nitrogen and oxygen atoms in total. The quantitative estimate of drug-likeness (QED) is 0.818. The normalized spacial score (nSPS) is 13.9. The number of hydrogen-bond acceptors (Lipinski definition) is 1. The number of nitrogens with one attached hydrogen (secondary N) is 1. The van der Waals surface area contributed by atoms with Gasteiger partial charge in [-0.2, -0.15) is 13.2 Å². The minimum absolute atomic E-state index is 0.247. The molecule has 0 saturated heterocycles. The van der Waals surface area contributed by atoms with Crippen LogP contribution in [0.25, 0.3) is 0 Å². The highest BCUT2D eigenvalue weighted by Gasteiger charge is 2.34. The zero-order valence-corrected chi connectivity index (χ0v) is 8.73. The van der Waals surface area contributed by atoms with E-state index in [1.807, 2.05) is 6.92 Å². The Labute approximate surface area is 87.3 Å². The van der Waals surface area contributed by atoms with Crippen LogP contribution in [-0.4, -0.2) is 7.05 Å². The van der Waals surface area contributed by atoms with Gasteiger partial charge in [0.05, 0.1) is 5.56 Å². The van der Waals surface area contributed by atoms with Crippen molar-refractivity contribution >= 4 is 0 Å². The molecule has 0 aromatic heterocycles. The summed E-state index contributed by atoms with van der Waals surface area (Å²) in [4.78, 5) is 0. The summed E-state index contributed by atoms with van der Waals surface area (Å²) in [7, 11) is 1.67. The molecule has 1 aromatic carbocycles. The Morgan fingerprint density at radius 1 is 1.27 bits per heavy atom. The van der Waals surface area contributed by atoms with Gasteiger partial charge in [-0.05, 0) is 25.1 Å². The van der Waals surface area contributed by atoms with Crippen LogP contribution in [-0.2, 0) is 6.18 Å². The number of halogens is 3. The summed E-state index contributed by atoms with van der Waals surface area (Å²) in [5.41, 5.74) is -0.235. The molecule has 0 amide bonds. The molecule has 0 spiro atoms. The third-order valence-electron chi connectivity index (χ3n) is 2.40. The Morgan fingerprint density at radius 3 is 2.33 bits per heavy atom. The zero-order chi connectivity index (χ0) is 11.5. The van der Waals surface area contributed by atoms with Crippen LogP contribution in [0.3, 0.4) is 0 Å². The molecule has 4 heteroatoms. The SMILES string of the molecule is CCC(NC)c1ccccc1C(F)(F)F. The molecule has 0 saturated carbocycles. The van der Waals surface area contributed by atoms with Gasteiger partial charge in [-0.25, -0.2) is 0 Å². The molecule has 1 rings (SSSR count). The van der Waals surface area contributed by atoms with E-state index in [1.165, 1.54) is 12.1 Å². The second-order valence-electron chi connectivity index (χ2n) is 3.33. The molecule has 1 unspecified atom stereocenters. The van der Waals surface area contributed by atoms with Crippen molar-refractivity contribution in [1.82, 2.24) is 5.32 Å². The van der Waals surface area contributed by atoms with Gasteiger partial charge in [-0.3, -0.25) is 0 Å². The number of alkyl halides is 3. The van der Waals surface area contributed by atoms with E-state index in [4.69, 9.17) is 0 Å². The molecule has 0 aliphatic rings. The van der Waals surface area contributed by atoms with E-state index in [0.717, 1.165) is 6.07 Å². The molecule has 1 aromatic rings. The Bertz CT molecular complexity index is 316. The van der Waals surface area contributed by atoms with Gasteiger partial charge in [0.25, 0.3) is 0 Å². The fourth-order valence-corrected chi connectivity index (χ4v) is 1.64. The van der Waals surface area contributed by atoms with Crippen LogP contribution in [0.4, 0.5) is 13.2 Å². The maximum absolute atomic E-state index is 12.7. The second-order valence-corrected chi connectivity index (χ2v) is 3.33. The van der Waals surface area contributed by atoms with Crippen molar-refractivity contribution in [3.63, 3.8) is 0 Å². The van der Waals surface area contributed by atoms with Crippen molar-refractivity contribution in [1.29, 1.82) is 0 Å². The van der Waals surface area contributed by atoms with Crippen molar-refractivity contribution < 1.29 is 13.2 Å². The highest BCUT2D eigenvalue weighted by molar-refractivity contribution is 5.32. The van der Waals surface area contributed by atoms with Gasteiger partial charge in [-0.15, -0.1) is 0 Å². The molecule has 0 fully saturated rings. The minimum atomic E-state index is -4.28. The Balaban J connectivity index is 3.17. The molecule has 84 valence electrons. The highest BCUT2D eigenvalue weighted by atomic mass is 19.4. The zero-order valence-electron chi connectivity index (χ0n) is 8.73. The first-order chi connectivity index (χ1) is 7.00. The molecule has 15 heavy (non-hydrogen) atoms. The Kier molecular flexibility index (Phi) is 3.74. The summed E-state index contributed by atoms with van der Waals surface area (Å²) < 4.78 is 38.0. The van der Waals surface area contributed by atoms with Gasteiger partial charge in [0.1, 0.15) is 0 Å². The first-order valence-corrected chi connectivity index (χ1v) is 4.84. The van der Waals surface area contributed by atoms with Crippen LogP contribution in [0.5, 0.6) is 0 Å². The Hall–Kier alpha value is -1.03. The lowest BCUT2D eigenvalue weighted by molar-refractivity contribution is -0.138. The lowest BCUT2D eigenvalue weighted by Gasteiger charge is -2.19. The summed E-state index contributed by atoms with van der Waals surface area (Å²) >= 11 is 0. The minimum Gasteiger partial charge on any atom is -0.313 e. The van der Waals surface area contributed by atoms with E-state index < -0.39 is 11.7 Å². The largest absolute Gasteiger partial charge is 0.416 e. The lowest BCUT2D eigenvalue weighted by atomic mass is 9.98. The van der Waals surface area contributed by atoms with Crippen LogP contribution in [0, 0.1) is 0 Å². The lowest BCUT2D eigenvalue weighted by Crippen LogP contribution is -2.20. The third-order valence-corrected chi connectivity index (χ3v) is 2.40. The molecule has 0 aliphatic carbocycles. The second kappa shape index (κ2) is 4.66. The first-order valence-electron chi connectivity index (χ1n) is 4.84. The molecule has 1 N–H and O–H groups in total. The van der Waals surface area contributed by atoms with Crippen molar-refractivity contribution in [2.75, 3.05) is 7.05 Å². The molecular formula is C11H14F3N. The molecule has 0 radical (unpaired) electrons. The number of benzene rings is 1. The van der Waals surface area contributed by atoms with Crippen LogP contribution >= 0.6 is 0 Å².